The molecule has 0 saturated carbocycles. The number of carbonyl (C=O) groups is 2. The SMILES string of the molecule is CCOC(=O)CCCCC(=O)c1[nH]c(=O)[nH]c1CSc1ccccn1. The van der Waals surface area contributed by atoms with E-state index in [1.165, 1.54) is 11.8 Å². The first-order valence-electron chi connectivity index (χ1n) is 8.14. The fraction of sp³-hybridized carbons (Fsp3) is 0.412. The van der Waals surface area contributed by atoms with Crippen LogP contribution in [0.3, 0.4) is 0 Å². The Bertz CT molecular complexity index is 755. The van der Waals surface area contributed by atoms with Crippen LogP contribution < -0.4 is 5.69 Å². The predicted molar refractivity (Wildman–Crippen MR) is 94.6 cm³/mol. The average molecular weight is 363 g/mol. The van der Waals surface area contributed by atoms with Crippen LogP contribution in [-0.4, -0.2) is 33.3 Å². The molecular weight excluding hydrogens is 342 g/mol. The number of H-pyrrole nitrogens is 2. The van der Waals surface area contributed by atoms with E-state index in [0.717, 1.165) is 5.03 Å². The van der Waals surface area contributed by atoms with Gasteiger partial charge >= 0.3 is 11.7 Å². The van der Waals surface area contributed by atoms with E-state index in [1.54, 1.807) is 13.1 Å². The minimum Gasteiger partial charge on any atom is -0.466 e. The molecule has 2 rings (SSSR count). The van der Waals surface area contributed by atoms with Gasteiger partial charge in [0.05, 0.1) is 17.3 Å². The number of aromatic amines is 2. The van der Waals surface area contributed by atoms with Crippen molar-refractivity contribution in [2.75, 3.05) is 6.61 Å². The molecule has 0 amide bonds. The quantitative estimate of drug-likeness (QED) is 0.291. The Labute approximate surface area is 149 Å². The molecule has 2 heterocycles. The van der Waals surface area contributed by atoms with Crippen LogP contribution in [0.1, 0.15) is 48.8 Å². The van der Waals surface area contributed by atoms with Crippen molar-refractivity contribution in [2.24, 2.45) is 0 Å². The van der Waals surface area contributed by atoms with Gasteiger partial charge in [0.2, 0.25) is 0 Å². The van der Waals surface area contributed by atoms with Crippen molar-refractivity contribution in [3.63, 3.8) is 0 Å². The summed E-state index contributed by atoms with van der Waals surface area (Å²) in [6.45, 7) is 2.12. The number of pyridine rings is 1. The summed E-state index contributed by atoms with van der Waals surface area (Å²) < 4.78 is 4.84. The molecular formula is C17H21N3O4S. The Kier molecular flexibility index (Phi) is 7.46. The lowest BCUT2D eigenvalue weighted by Crippen LogP contribution is -2.07. The number of nitrogens with zero attached hydrogens (tertiary/aromatic N) is 1. The third-order valence-corrected chi connectivity index (χ3v) is 4.40. The lowest BCUT2D eigenvalue weighted by atomic mass is 10.1. The summed E-state index contributed by atoms with van der Waals surface area (Å²) in [6.07, 6.45) is 3.41. The number of thioether (sulfide) groups is 1. The number of aromatic nitrogens is 3. The smallest absolute Gasteiger partial charge is 0.323 e. The summed E-state index contributed by atoms with van der Waals surface area (Å²) >= 11 is 1.44. The van der Waals surface area contributed by atoms with E-state index >= 15 is 0 Å². The van der Waals surface area contributed by atoms with E-state index in [-0.39, 0.29) is 18.2 Å². The van der Waals surface area contributed by atoms with Gasteiger partial charge in [-0.15, -0.1) is 11.8 Å². The highest BCUT2D eigenvalue weighted by molar-refractivity contribution is 7.98. The van der Waals surface area contributed by atoms with Gasteiger partial charge in [0.25, 0.3) is 0 Å². The molecule has 0 aromatic carbocycles. The lowest BCUT2D eigenvalue weighted by Gasteiger charge is -2.04. The molecule has 0 bridgehead atoms. The zero-order valence-electron chi connectivity index (χ0n) is 14.0. The molecule has 134 valence electrons. The second kappa shape index (κ2) is 9.83. The summed E-state index contributed by atoms with van der Waals surface area (Å²) in [4.78, 5) is 44.6. The zero-order valence-corrected chi connectivity index (χ0v) is 14.9. The molecule has 8 heteroatoms. The summed E-state index contributed by atoms with van der Waals surface area (Å²) in [5, 5.41) is 0.817. The number of ketones is 1. The summed E-state index contributed by atoms with van der Waals surface area (Å²) in [6, 6.07) is 5.57. The highest BCUT2D eigenvalue weighted by atomic mass is 32.2. The number of Topliss-reactive ketones (excluding diaryl/α,β-unsaturated/α-hetero) is 1. The highest BCUT2D eigenvalue weighted by Crippen LogP contribution is 2.21. The van der Waals surface area contributed by atoms with Crippen LogP contribution in [0.25, 0.3) is 0 Å². The van der Waals surface area contributed by atoms with Crippen molar-refractivity contribution in [1.29, 1.82) is 0 Å². The Morgan fingerprint density at radius 1 is 1.20 bits per heavy atom. The number of unbranched alkanes of at least 4 members (excludes halogenated alkanes) is 1. The Balaban J connectivity index is 1.87. The van der Waals surface area contributed by atoms with Crippen LogP contribution in [0.5, 0.6) is 0 Å². The molecule has 0 aliphatic carbocycles. The Morgan fingerprint density at radius 2 is 2.00 bits per heavy atom. The molecule has 0 spiro atoms. The topological polar surface area (TPSA) is 105 Å². The standard InChI is InChI=1S/C17H21N3O4S/c1-2-24-15(22)9-4-3-7-13(21)16-12(19-17(23)20-16)11-25-14-8-5-6-10-18-14/h5-6,8,10H,2-4,7,9,11H2,1H3,(H2,19,20,23). The van der Waals surface area contributed by atoms with Crippen molar-refractivity contribution in [1.82, 2.24) is 15.0 Å². The van der Waals surface area contributed by atoms with Crippen LogP contribution in [0.15, 0.2) is 34.2 Å². The van der Waals surface area contributed by atoms with Crippen molar-refractivity contribution >= 4 is 23.5 Å². The monoisotopic (exact) mass is 363 g/mol. The molecule has 25 heavy (non-hydrogen) atoms. The lowest BCUT2D eigenvalue weighted by molar-refractivity contribution is -0.143. The third kappa shape index (κ3) is 6.22. The number of imidazole rings is 1. The fourth-order valence-electron chi connectivity index (χ4n) is 2.26. The molecule has 0 fully saturated rings. The van der Waals surface area contributed by atoms with Crippen LogP contribution in [0.2, 0.25) is 0 Å². The van der Waals surface area contributed by atoms with Gasteiger partial charge in [0.1, 0.15) is 5.69 Å². The Hall–Kier alpha value is -2.35. The summed E-state index contributed by atoms with van der Waals surface area (Å²) in [5.41, 5.74) is 0.479. The van der Waals surface area contributed by atoms with Crippen molar-refractivity contribution in [3.8, 4) is 0 Å². The number of esters is 1. The molecule has 0 atom stereocenters. The van der Waals surface area contributed by atoms with Crippen molar-refractivity contribution in [2.45, 2.75) is 43.4 Å². The van der Waals surface area contributed by atoms with E-state index in [1.807, 2.05) is 18.2 Å². The summed E-state index contributed by atoms with van der Waals surface area (Å²) in [5.74, 6) is 0.0518. The van der Waals surface area contributed by atoms with Gasteiger partial charge in [-0.3, -0.25) is 9.59 Å². The third-order valence-electron chi connectivity index (χ3n) is 3.43. The number of hydrogen-bond donors (Lipinski definition) is 2. The maximum Gasteiger partial charge on any atom is 0.323 e. The molecule has 0 radical (unpaired) electrons. The minimum atomic E-state index is -0.397. The normalized spacial score (nSPS) is 10.6. The van der Waals surface area contributed by atoms with Crippen molar-refractivity contribution in [3.05, 3.63) is 46.3 Å². The maximum atomic E-state index is 12.3. The first kappa shape index (κ1) is 19.0. The van der Waals surface area contributed by atoms with Gasteiger partial charge in [-0.1, -0.05) is 6.07 Å². The first-order chi connectivity index (χ1) is 12.1. The Morgan fingerprint density at radius 3 is 2.72 bits per heavy atom. The van der Waals surface area contributed by atoms with E-state index in [0.29, 0.717) is 43.0 Å². The van der Waals surface area contributed by atoms with Crippen molar-refractivity contribution < 1.29 is 14.3 Å². The van der Waals surface area contributed by atoms with Gasteiger partial charge in [-0.2, -0.15) is 0 Å². The molecule has 0 saturated heterocycles. The second-order valence-electron chi connectivity index (χ2n) is 5.32. The number of rotatable bonds is 10. The average Bonchev–Trinajstić information content (AvgIpc) is 2.99. The van der Waals surface area contributed by atoms with E-state index in [4.69, 9.17) is 4.74 Å². The van der Waals surface area contributed by atoms with Gasteiger partial charge < -0.3 is 14.7 Å². The van der Waals surface area contributed by atoms with Gasteiger partial charge in [0, 0.05) is 24.8 Å². The largest absolute Gasteiger partial charge is 0.466 e. The predicted octanol–water partition coefficient (Wildman–Crippen LogP) is 2.70. The van der Waals surface area contributed by atoms with Gasteiger partial charge in [0.15, 0.2) is 5.78 Å². The second-order valence-corrected chi connectivity index (χ2v) is 6.32. The molecule has 7 nitrogen and oxygen atoms in total. The molecule has 2 aromatic heterocycles. The van der Waals surface area contributed by atoms with Crippen LogP contribution >= 0.6 is 11.8 Å². The zero-order chi connectivity index (χ0) is 18.1. The maximum absolute atomic E-state index is 12.3. The number of hydrogen-bond acceptors (Lipinski definition) is 6. The molecule has 2 N–H and O–H groups in total. The first-order valence-corrected chi connectivity index (χ1v) is 9.12. The molecule has 0 aliphatic heterocycles. The highest BCUT2D eigenvalue weighted by Gasteiger charge is 2.15. The summed E-state index contributed by atoms with van der Waals surface area (Å²) in [7, 11) is 0. The van der Waals surface area contributed by atoms with E-state index in [9.17, 15) is 14.4 Å². The van der Waals surface area contributed by atoms with Gasteiger partial charge in [-0.05, 0) is 31.9 Å². The fourth-order valence-corrected chi connectivity index (χ4v) is 3.08. The number of nitrogens with one attached hydrogen (secondary N) is 2. The van der Waals surface area contributed by atoms with Gasteiger partial charge in [-0.25, -0.2) is 9.78 Å². The van der Waals surface area contributed by atoms with E-state index in [2.05, 4.69) is 15.0 Å². The van der Waals surface area contributed by atoms with Crippen LogP contribution in [-0.2, 0) is 15.3 Å². The van der Waals surface area contributed by atoms with Crippen LogP contribution in [0, 0.1) is 0 Å². The molecule has 2 aromatic rings. The molecule has 0 unspecified atom stereocenters. The molecule has 0 aliphatic rings. The van der Waals surface area contributed by atoms with E-state index < -0.39 is 5.69 Å². The number of carbonyl (C=O) groups excluding carboxylic acids is 2. The minimum absolute atomic E-state index is 0.140. The number of ether oxygens (including phenoxy) is 1. The van der Waals surface area contributed by atoms with Crippen LogP contribution in [0.4, 0.5) is 0 Å².